The zero-order valence-electron chi connectivity index (χ0n) is 15.3. The van der Waals surface area contributed by atoms with E-state index in [1.165, 1.54) is 28.8 Å². The number of hydrogen-bond donors (Lipinski definition) is 1. The molecule has 3 aromatic carbocycles. The summed E-state index contributed by atoms with van der Waals surface area (Å²) in [6.07, 6.45) is 2.41. The van der Waals surface area contributed by atoms with Gasteiger partial charge in [0.05, 0.1) is 24.0 Å². The number of rotatable bonds is 6. The van der Waals surface area contributed by atoms with Gasteiger partial charge in [0, 0.05) is 4.90 Å². The van der Waals surface area contributed by atoms with E-state index in [2.05, 4.69) is 111 Å². The van der Waals surface area contributed by atoms with Gasteiger partial charge in [-0.3, -0.25) is 0 Å². The molecule has 3 aromatic rings. The Kier molecular flexibility index (Phi) is 7.95. The molecule has 26 heavy (non-hydrogen) atoms. The monoisotopic (exact) mass is 444 g/mol. The second-order valence-electron chi connectivity index (χ2n) is 6.53. The molecule has 0 spiro atoms. The van der Waals surface area contributed by atoms with E-state index in [0.29, 0.717) is 5.66 Å². The first kappa shape index (κ1) is 21.2. The molecule has 0 aliphatic heterocycles. The number of benzene rings is 3. The molecule has 1 unspecified atom stereocenters. The van der Waals surface area contributed by atoms with E-state index in [4.69, 9.17) is 0 Å². The Morgan fingerprint density at radius 2 is 1.23 bits per heavy atom. The summed E-state index contributed by atoms with van der Waals surface area (Å²) in [6, 6.07) is 31.1. The lowest BCUT2D eigenvalue weighted by Crippen LogP contribution is -3.00. The first-order valence-electron chi connectivity index (χ1n) is 8.96. The Morgan fingerprint density at radius 1 is 0.769 bits per heavy atom. The van der Waals surface area contributed by atoms with Crippen molar-refractivity contribution in [1.29, 1.82) is 0 Å². The first-order valence-corrected chi connectivity index (χ1v) is 11.5. The third kappa shape index (κ3) is 4.25. The quantitative estimate of drug-likeness (QED) is 0.438. The molecule has 3 rings (SSSR count). The van der Waals surface area contributed by atoms with E-state index in [1.807, 2.05) is 0 Å². The van der Waals surface area contributed by atoms with Crippen molar-refractivity contribution in [3.8, 4) is 0 Å². The predicted octanol–water partition coefficient (Wildman–Crippen LogP) is 3.12. The van der Waals surface area contributed by atoms with E-state index >= 15 is 0 Å². The van der Waals surface area contributed by atoms with Gasteiger partial charge in [-0.1, -0.05) is 55.5 Å². The molecule has 0 N–H and O–H groups in total. The van der Waals surface area contributed by atoms with Crippen LogP contribution in [0.1, 0.15) is 31.5 Å². The smallest absolute Gasteiger partial charge is 0.101 e. The molecule has 0 aliphatic rings. The van der Waals surface area contributed by atoms with Crippen LogP contribution in [-0.4, -0.2) is 6.16 Å². The van der Waals surface area contributed by atoms with Gasteiger partial charge in [-0.25, -0.2) is 0 Å². The molecule has 0 radical (unpaired) electrons. The Labute approximate surface area is 174 Å². The molecule has 3 heteroatoms. The highest BCUT2D eigenvalue weighted by Gasteiger charge is 2.47. The van der Waals surface area contributed by atoms with Gasteiger partial charge in [-0.15, -0.1) is 12.6 Å². The summed E-state index contributed by atoms with van der Waals surface area (Å²) in [4.78, 5) is 1.02. The van der Waals surface area contributed by atoms with Crippen LogP contribution in [0.25, 0.3) is 0 Å². The average Bonchev–Trinajstić information content (AvgIpc) is 2.67. The van der Waals surface area contributed by atoms with Gasteiger partial charge in [-0.2, -0.15) is 0 Å². The minimum Gasteiger partial charge on any atom is -1.00 e. The van der Waals surface area contributed by atoms with Crippen molar-refractivity contribution < 1.29 is 17.0 Å². The molecular weight excluding hydrogens is 419 g/mol. The number of thiol groups is 1. The highest BCUT2D eigenvalue weighted by molar-refractivity contribution is 7.89. The fourth-order valence-electron chi connectivity index (χ4n) is 3.80. The molecule has 0 aliphatic carbocycles. The van der Waals surface area contributed by atoms with Crippen LogP contribution in [0.5, 0.6) is 0 Å². The molecule has 1 atom stereocenters. The highest BCUT2D eigenvalue weighted by atomic mass is 79.9. The van der Waals surface area contributed by atoms with E-state index in [9.17, 15) is 0 Å². The maximum Gasteiger partial charge on any atom is 0.101 e. The molecule has 0 nitrogen and oxygen atoms in total. The molecule has 0 aromatic heterocycles. The van der Waals surface area contributed by atoms with E-state index in [0.717, 1.165) is 4.90 Å². The van der Waals surface area contributed by atoms with Gasteiger partial charge in [0.25, 0.3) is 0 Å². The topological polar surface area (TPSA) is 0 Å². The van der Waals surface area contributed by atoms with Crippen molar-refractivity contribution in [2.45, 2.75) is 30.8 Å². The molecule has 0 heterocycles. The Morgan fingerprint density at radius 3 is 1.65 bits per heavy atom. The van der Waals surface area contributed by atoms with Crippen LogP contribution >= 0.6 is 19.9 Å². The first-order chi connectivity index (χ1) is 12.2. The van der Waals surface area contributed by atoms with E-state index in [-0.39, 0.29) is 17.0 Å². The highest BCUT2D eigenvalue weighted by Crippen LogP contribution is 2.67. The predicted molar refractivity (Wildman–Crippen MR) is 116 cm³/mol. The van der Waals surface area contributed by atoms with Gasteiger partial charge in [-0.05, 0) is 55.3 Å². The largest absolute Gasteiger partial charge is 1.00 e. The van der Waals surface area contributed by atoms with Gasteiger partial charge < -0.3 is 17.0 Å². The lowest BCUT2D eigenvalue weighted by Gasteiger charge is -2.33. The summed E-state index contributed by atoms with van der Waals surface area (Å²) >= 11 is 4.46. The van der Waals surface area contributed by atoms with Crippen molar-refractivity contribution in [2.24, 2.45) is 0 Å². The minimum absolute atomic E-state index is 0. The van der Waals surface area contributed by atoms with Gasteiger partial charge in [0.1, 0.15) is 5.66 Å². The van der Waals surface area contributed by atoms with Crippen molar-refractivity contribution >= 4 is 30.5 Å². The molecule has 0 saturated carbocycles. The van der Waals surface area contributed by atoms with Crippen molar-refractivity contribution in [3.05, 3.63) is 90.5 Å². The SMILES string of the molecule is CCC[P+](c1ccccc1)(c1ccccc1)C(C)c1ccc(S)cc1.[Br-]. The van der Waals surface area contributed by atoms with Crippen molar-refractivity contribution in [2.75, 3.05) is 6.16 Å². The van der Waals surface area contributed by atoms with E-state index < -0.39 is 7.26 Å². The Bertz CT molecular complexity index is 748. The van der Waals surface area contributed by atoms with Crippen LogP contribution in [0.2, 0.25) is 0 Å². The molecular formula is C23H26BrPS. The number of halogens is 1. The average molecular weight is 445 g/mol. The third-order valence-corrected chi connectivity index (χ3v) is 10.6. The van der Waals surface area contributed by atoms with Crippen LogP contribution in [0.4, 0.5) is 0 Å². The summed E-state index contributed by atoms with van der Waals surface area (Å²) in [5, 5.41) is 3.01. The fraction of sp³-hybridized carbons (Fsp3) is 0.217. The molecule has 0 saturated heterocycles. The van der Waals surface area contributed by atoms with Crippen LogP contribution in [-0.2, 0) is 0 Å². The maximum absolute atomic E-state index is 4.46. The third-order valence-electron chi connectivity index (χ3n) is 5.05. The summed E-state index contributed by atoms with van der Waals surface area (Å²) in [5.74, 6) is 0. The Hall–Kier alpha value is -1.08. The van der Waals surface area contributed by atoms with Crippen LogP contribution < -0.4 is 27.6 Å². The molecule has 0 amide bonds. The standard InChI is InChI=1S/C23H25PS.BrH/c1-3-18-24(21-10-6-4-7-11-21,22-12-8-5-9-13-22)19(2)20-14-16-23(25)17-15-20;/h4-17,19H,3,18H2,1-2H3;1H. The maximum atomic E-state index is 4.46. The van der Waals surface area contributed by atoms with Gasteiger partial charge >= 0.3 is 0 Å². The van der Waals surface area contributed by atoms with Crippen LogP contribution in [0, 0.1) is 0 Å². The minimum atomic E-state index is -1.55. The van der Waals surface area contributed by atoms with E-state index in [1.54, 1.807) is 0 Å². The zero-order chi connectivity index (χ0) is 17.7. The van der Waals surface area contributed by atoms with Gasteiger partial charge in [0.2, 0.25) is 0 Å². The van der Waals surface area contributed by atoms with Crippen molar-refractivity contribution in [1.82, 2.24) is 0 Å². The van der Waals surface area contributed by atoms with Crippen LogP contribution in [0.3, 0.4) is 0 Å². The summed E-state index contributed by atoms with van der Waals surface area (Å²) < 4.78 is 0. The lowest BCUT2D eigenvalue weighted by atomic mass is 10.2. The molecule has 0 fully saturated rings. The summed E-state index contributed by atoms with van der Waals surface area (Å²) in [7, 11) is -1.55. The van der Waals surface area contributed by atoms with Gasteiger partial charge in [0.15, 0.2) is 0 Å². The molecule has 136 valence electrons. The molecule has 0 bridgehead atoms. The second-order valence-corrected chi connectivity index (χ2v) is 11.0. The second kappa shape index (κ2) is 9.74. The van der Waals surface area contributed by atoms with Crippen molar-refractivity contribution in [3.63, 3.8) is 0 Å². The summed E-state index contributed by atoms with van der Waals surface area (Å²) in [6.45, 7) is 4.72. The summed E-state index contributed by atoms with van der Waals surface area (Å²) in [5.41, 5.74) is 1.89. The number of hydrogen-bond acceptors (Lipinski definition) is 1. The fourth-order valence-corrected chi connectivity index (χ4v) is 8.84. The normalized spacial score (nSPS) is 12.3. The van der Waals surface area contributed by atoms with Crippen LogP contribution in [0.15, 0.2) is 89.8 Å². The Balaban J connectivity index is 0.00000243. The zero-order valence-corrected chi connectivity index (χ0v) is 18.7. The lowest BCUT2D eigenvalue weighted by molar-refractivity contribution is -0.00000494.